The van der Waals surface area contributed by atoms with Gasteiger partial charge in [-0.05, 0) is 40.8 Å². The van der Waals surface area contributed by atoms with Gasteiger partial charge in [0.05, 0.1) is 0 Å². The number of rotatable bonds is 6. The molecule has 150 valence electrons. The van der Waals surface area contributed by atoms with Crippen LogP contribution in [0.25, 0.3) is 10.8 Å². The molecule has 4 nitrogen and oxygen atoms in total. The summed E-state index contributed by atoms with van der Waals surface area (Å²) in [6.07, 6.45) is -0.872. The quantitative estimate of drug-likeness (QED) is 0.422. The normalized spacial score (nSPS) is 12.4. The van der Waals surface area contributed by atoms with Gasteiger partial charge in [-0.25, -0.2) is 4.79 Å². The summed E-state index contributed by atoms with van der Waals surface area (Å²) >= 11 is 0. The molecule has 0 aliphatic carbocycles. The van der Waals surface area contributed by atoms with E-state index in [0.717, 1.165) is 16.3 Å². The third-order valence-corrected chi connectivity index (χ3v) is 4.79. The van der Waals surface area contributed by atoms with Crippen LogP contribution in [-0.2, 0) is 14.9 Å². The van der Waals surface area contributed by atoms with Gasteiger partial charge in [0.25, 0.3) is 0 Å². The smallest absolute Gasteiger partial charge is 0.344 e. The molecule has 0 N–H and O–H groups in total. The van der Waals surface area contributed by atoms with Crippen molar-refractivity contribution in [1.29, 1.82) is 0 Å². The van der Waals surface area contributed by atoms with Gasteiger partial charge < -0.3 is 9.47 Å². The van der Waals surface area contributed by atoms with E-state index < -0.39 is 12.1 Å². The van der Waals surface area contributed by atoms with E-state index in [1.165, 1.54) is 0 Å². The van der Waals surface area contributed by atoms with Crippen molar-refractivity contribution in [2.24, 2.45) is 0 Å². The largest absolute Gasteiger partial charge is 0.482 e. The second-order valence-electron chi connectivity index (χ2n) is 8.12. The van der Waals surface area contributed by atoms with Crippen molar-refractivity contribution in [3.63, 3.8) is 0 Å². The van der Waals surface area contributed by atoms with E-state index in [1.807, 2.05) is 48.5 Å². The van der Waals surface area contributed by atoms with Crippen LogP contribution in [0.4, 0.5) is 0 Å². The molecule has 0 unspecified atom stereocenters. The first-order valence-corrected chi connectivity index (χ1v) is 9.70. The lowest BCUT2D eigenvalue weighted by Gasteiger charge is -2.19. The Hall–Kier alpha value is -3.14. The van der Waals surface area contributed by atoms with Gasteiger partial charge in [-0.1, -0.05) is 75.4 Å². The zero-order valence-corrected chi connectivity index (χ0v) is 17.3. The highest BCUT2D eigenvalue weighted by Gasteiger charge is 2.21. The molecule has 0 spiro atoms. The molecule has 0 aliphatic rings. The van der Waals surface area contributed by atoms with Gasteiger partial charge >= 0.3 is 5.97 Å². The number of ether oxygens (including phenoxy) is 2. The molecule has 0 aliphatic heterocycles. The van der Waals surface area contributed by atoms with Gasteiger partial charge in [-0.2, -0.15) is 0 Å². The number of hydrogen-bond donors (Lipinski definition) is 0. The highest BCUT2D eigenvalue weighted by Crippen LogP contribution is 2.23. The summed E-state index contributed by atoms with van der Waals surface area (Å²) in [5, 5.41) is 2.12. The second-order valence-corrected chi connectivity index (χ2v) is 8.12. The third kappa shape index (κ3) is 5.23. The second kappa shape index (κ2) is 8.48. The van der Waals surface area contributed by atoms with Crippen molar-refractivity contribution < 1.29 is 19.1 Å². The minimum atomic E-state index is -0.872. The fraction of sp³-hybridized carbons (Fsp3) is 0.280. The molecule has 0 saturated carbocycles. The third-order valence-electron chi connectivity index (χ3n) is 4.79. The average Bonchev–Trinajstić information content (AvgIpc) is 2.71. The Kier molecular flexibility index (Phi) is 6.02. The van der Waals surface area contributed by atoms with Crippen LogP contribution in [0, 0.1) is 0 Å². The van der Waals surface area contributed by atoms with Gasteiger partial charge in [-0.15, -0.1) is 0 Å². The average molecular weight is 390 g/mol. The van der Waals surface area contributed by atoms with E-state index in [1.54, 1.807) is 25.1 Å². The van der Waals surface area contributed by atoms with E-state index in [2.05, 4.69) is 20.8 Å². The number of hydrogen-bond acceptors (Lipinski definition) is 4. The summed E-state index contributed by atoms with van der Waals surface area (Å²) in [4.78, 5) is 24.7. The molecule has 0 bridgehead atoms. The molecule has 3 rings (SSSR count). The molecule has 3 aromatic carbocycles. The van der Waals surface area contributed by atoms with Gasteiger partial charge in [0, 0.05) is 5.56 Å². The number of benzene rings is 3. The van der Waals surface area contributed by atoms with Crippen LogP contribution in [0.2, 0.25) is 0 Å². The van der Waals surface area contributed by atoms with Crippen LogP contribution >= 0.6 is 0 Å². The predicted octanol–water partition coefficient (Wildman–Crippen LogP) is 5.33. The fourth-order valence-corrected chi connectivity index (χ4v) is 3.05. The summed E-state index contributed by atoms with van der Waals surface area (Å²) < 4.78 is 10.8. The zero-order chi connectivity index (χ0) is 21.0. The van der Waals surface area contributed by atoms with E-state index in [4.69, 9.17) is 9.47 Å². The van der Waals surface area contributed by atoms with Crippen molar-refractivity contribution in [1.82, 2.24) is 0 Å². The summed E-state index contributed by atoms with van der Waals surface area (Å²) in [5.74, 6) is -0.229. The van der Waals surface area contributed by atoms with Gasteiger partial charge in [0.2, 0.25) is 5.78 Å². The van der Waals surface area contributed by atoms with E-state index in [9.17, 15) is 9.59 Å². The molecular formula is C25H26O4. The maximum Gasteiger partial charge on any atom is 0.344 e. The minimum Gasteiger partial charge on any atom is -0.482 e. The summed E-state index contributed by atoms with van der Waals surface area (Å²) in [5.41, 5.74) is 1.68. The van der Waals surface area contributed by atoms with E-state index >= 15 is 0 Å². The van der Waals surface area contributed by atoms with Crippen LogP contribution in [0.15, 0.2) is 66.7 Å². The van der Waals surface area contributed by atoms with Crippen LogP contribution in [0.1, 0.15) is 43.6 Å². The van der Waals surface area contributed by atoms with E-state index in [-0.39, 0.29) is 17.8 Å². The number of esters is 1. The van der Waals surface area contributed by atoms with Crippen molar-refractivity contribution in [3.8, 4) is 5.75 Å². The van der Waals surface area contributed by atoms with Gasteiger partial charge in [0.15, 0.2) is 12.7 Å². The SMILES string of the molecule is C[C@@H](OC(=O)COc1ccc2ccccc2c1)C(=O)c1ccc(C(C)(C)C)cc1. The van der Waals surface area contributed by atoms with Crippen molar-refractivity contribution >= 4 is 22.5 Å². The Labute approximate surface area is 171 Å². The molecule has 29 heavy (non-hydrogen) atoms. The highest BCUT2D eigenvalue weighted by atomic mass is 16.6. The lowest BCUT2D eigenvalue weighted by Crippen LogP contribution is -2.27. The van der Waals surface area contributed by atoms with Crippen molar-refractivity contribution in [2.75, 3.05) is 6.61 Å². The zero-order valence-electron chi connectivity index (χ0n) is 17.3. The topological polar surface area (TPSA) is 52.6 Å². The number of Topliss-reactive ketones (excluding diaryl/α,β-unsaturated/α-hetero) is 1. The minimum absolute atomic E-state index is 0.0137. The monoisotopic (exact) mass is 390 g/mol. The van der Waals surface area contributed by atoms with Crippen LogP contribution in [-0.4, -0.2) is 24.5 Å². The molecule has 0 aromatic heterocycles. The number of carbonyl (C=O) groups excluding carboxylic acids is 2. The maximum absolute atomic E-state index is 12.5. The molecule has 4 heteroatoms. The number of carbonyl (C=O) groups is 2. The number of ketones is 1. The predicted molar refractivity (Wildman–Crippen MR) is 114 cm³/mol. The van der Waals surface area contributed by atoms with Crippen LogP contribution in [0.3, 0.4) is 0 Å². The van der Waals surface area contributed by atoms with Crippen molar-refractivity contribution in [2.45, 2.75) is 39.2 Å². The molecular weight excluding hydrogens is 364 g/mol. The van der Waals surface area contributed by atoms with Crippen LogP contribution < -0.4 is 4.74 Å². The molecule has 0 amide bonds. The molecule has 0 fully saturated rings. The molecule has 3 aromatic rings. The summed E-state index contributed by atoms with van der Waals surface area (Å²) in [7, 11) is 0. The molecule has 1 atom stereocenters. The molecule has 0 heterocycles. The first kappa shape index (κ1) is 20.6. The molecule has 0 saturated heterocycles. The number of fused-ring (bicyclic) bond motifs is 1. The lowest BCUT2D eigenvalue weighted by molar-refractivity contribution is -0.148. The lowest BCUT2D eigenvalue weighted by atomic mass is 9.86. The fourth-order valence-electron chi connectivity index (χ4n) is 3.05. The molecule has 0 radical (unpaired) electrons. The Bertz CT molecular complexity index is 1010. The Morgan fingerprint density at radius 3 is 2.21 bits per heavy atom. The maximum atomic E-state index is 12.5. The van der Waals surface area contributed by atoms with Crippen LogP contribution in [0.5, 0.6) is 5.75 Å². The summed E-state index contributed by atoms with van der Waals surface area (Å²) in [6, 6.07) is 20.9. The Morgan fingerprint density at radius 1 is 0.897 bits per heavy atom. The standard InChI is InChI=1S/C25H26O4/c1-17(24(27)19-9-12-21(13-10-19)25(2,3)4)29-23(26)16-28-22-14-11-18-7-5-6-8-20(18)15-22/h5-15,17H,16H2,1-4H3/t17-/m1/s1. The first-order chi connectivity index (χ1) is 13.7. The van der Waals surface area contributed by atoms with Gasteiger partial charge in [0.1, 0.15) is 5.75 Å². The summed E-state index contributed by atoms with van der Waals surface area (Å²) in [6.45, 7) is 7.67. The Balaban J connectivity index is 1.55. The van der Waals surface area contributed by atoms with Crippen molar-refractivity contribution in [3.05, 3.63) is 77.9 Å². The first-order valence-electron chi connectivity index (χ1n) is 9.70. The van der Waals surface area contributed by atoms with E-state index in [0.29, 0.717) is 11.3 Å². The highest BCUT2D eigenvalue weighted by molar-refractivity contribution is 6.00. The Morgan fingerprint density at radius 2 is 1.55 bits per heavy atom. The van der Waals surface area contributed by atoms with Gasteiger partial charge in [-0.3, -0.25) is 4.79 Å².